The fraction of sp³-hybridized carbons (Fsp3) is 0.714. The number of amides is 4. The molecule has 0 aliphatic carbocycles. The van der Waals surface area contributed by atoms with Crippen molar-refractivity contribution < 1.29 is 39.0 Å². The molecule has 5 atom stereocenters. The molecule has 1 aliphatic rings. The second-order valence-electron chi connectivity index (χ2n) is 8.75. The number of nitrogens with two attached hydrogens (primary N) is 1. The normalized spacial score (nSPS) is 19.0. The van der Waals surface area contributed by atoms with Crippen molar-refractivity contribution in [3.8, 4) is 0 Å². The van der Waals surface area contributed by atoms with Crippen LogP contribution >= 0.6 is 0 Å². The first-order chi connectivity index (χ1) is 15.8. The summed E-state index contributed by atoms with van der Waals surface area (Å²) in [5.74, 6) is -5.17. The van der Waals surface area contributed by atoms with Crippen LogP contribution < -0.4 is 21.7 Å². The lowest BCUT2D eigenvalue weighted by molar-refractivity contribution is -0.149. The maximum absolute atomic E-state index is 12.7. The van der Waals surface area contributed by atoms with Gasteiger partial charge in [0.25, 0.3) is 0 Å². The molecule has 7 N–H and O–H groups in total. The molecule has 0 saturated carbocycles. The molecule has 34 heavy (non-hydrogen) atoms. The van der Waals surface area contributed by atoms with Crippen LogP contribution in [0.5, 0.6) is 0 Å². The maximum atomic E-state index is 12.7. The number of carbonyl (C=O) groups is 6. The zero-order valence-electron chi connectivity index (χ0n) is 19.9. The summed E-state index contributed by atoms with van der Waals surface area (Å²) in [6.45, 7) is 6.47. The zero-order chi connectivity index (χ0) is 26.2. The van der Waals surface area contributed by atoms with Crippen LogP contribution in [0, 0.1) is 5.92 Å². The molecule has 0 unspecified atom stereocenters. The number of aliphatic carboxylic acids is 2. The van der Waals surface area contributed by atoms with E-state index in [9.17, 15) is 33.9 Å². The van der Waals surface area contributed by atoms with Crippen molar-refractivity contribution in [3.63, 3.8) is 0 Å². The summed E-state index contributed by atoms with van der Waals surface area (Å²) in [7, 11) is 0. The molecular weight excluding hydrogens is 450 g/mol. The molecule has 0 aromatic heterocycles. The Morgan fingerprint density at radius 1 is 0.912 bits per heavy atom. The third kappa shape index (κ3) is 8.28. The van der Waals surface area contributed by atoms with Gasteiger partial charge in [-0.15, -0.1) is 0 Å². The Labute approximate surface area is 197 Å². The van der Waals surface area contributed by atoms with Crippen molar-refractivity contribution in [2.45, 2.75) is 83.6 Å². The lowest BCUT2D eigenvalue weighted by atomic mass is 10.0. The van der Waals surface area contributed by atoms with E-state index in [4.69, 9.17) is 10.8 Å². The number of carboxylic acids is 2. The van der Waals surface area contributed by atoms with E-state index >= 15 is 0 Å². The van der Waals surface area contributed by atoms with Gasteiger partial charge < -0.3 is 36.8 Å². The van der Waals surface area contributed by atoms with Crippen molar-refractivity contribution in [3.05, 3.63) is 0 Å². The second-order valence-corrected chi connectivity index (χ2v) is 8.75. The van der Waals surface area contributed by atoms with Gasteiger partial charge >= 0.3 is 11.9 Å². The zero-order valence-corrected chi connectivity index (χ0v) is 19.9. The molecule has 13 heteroatoms. The SMILES string of the molecule is CC(C)[C@H](N)C(=O)N[C@@H](CCC(=O)O)C(=O)N[C@@H](C)C(=O)N[C@@H](C)C(=O)N1CCC[C@H]1C(=O)O. The third-order valence-corrected chi connectivity index (χ3v) is 5.60. The molecule has 1 heterocycles. The maximum Gasteiger partial charge on any atom is 0.326 e. The number of likely N-dealkylation sites (tertiary alicyclic amines) is 1. The van der Waals surface area contributed by atoms with E-state index in [0.29, 0.717) is 12.8 Å². The van der Waals surface area contributed by atoms with E-state index in [0.717, 1.165) is 0 Å². The minimum atomic E-state index is -1.23. The van der Waals surface area contributed by atoms with Crippen LogP contribution in [0.3, 0.4) is 0 Å². The first-order valence-corrected chi connectivity index (χ1v) is 11.2. The van der Waals surface area contributed by atoms with E-state index in [1.165, 1.54) is 18.7 Å². The lowest BCUT2D eigenvalue weighted by Crippen LogP contribution is -2.57. The van der Waals surface area contributed by atoms with Gasteiger partial charge in [-0.2, -0.15) is 0 Å². The summed E-state index contributed by atoms with van der Waals surface area (Å²) in [6.07, 6.45) is 0.256. The van der Waals surface area contributed by atoms with E-state index in [2.05, 4.69) is 16.0 Å². The van der Waals surface area contributed by atoms with Crippen LogP contribution in [0.15, 0.2) is 0 Å². The van der Waals surface area contributed by atoms with Gasteiger partial charge in [-0.3, -0.25) is 24.0 Å². The molecule has 0 radical (unpaired) electrons. The summed E-state index contributed by atoms with van der Waals surface area (Å²) < 4.78 is 0. The molecule has 0 spiro atoms. The molecule has 0 aromatic rings. The summed E-state index contributed by atoms with van der Waals surface area (Å²) >= 11 is 0. The van der Waals surface area contributed by atoms with E-state index in [1.54, 1.807) is 13.8 Å². The van der Waals surface area contributed by atoms with Crippen molar-refractivity contribution in [2.24, 2.45) is 11.7 Å². The molecule has 13 nitrogen and oxygen atoms in total. The smallest absolute Gasteiger partial charge is 0.326 e. The number of carbonyl (C=O) groups excluding carboxylic acids is 4. The Balaban J connectivity index is 2.75. The van der Waals surface area contributed by atoms with Gasteiger partial charge in [0.05, 0.1) is 6.04 Å². The molecule has 0 aromatic carbocycles. The van der Waals surface area contributed by atoms with Crippen LogP contribution in [0.25, 0.3) is 0 Å². The highest BCUT2D eigenvalue weighted by atomic mass is 16.4. The molecule has 1 rings (SSSR count). The van der Waals surface area contributed by atoms with Crippen LogP contribution in [0.1, 0.15) is 53.4 Å². The van der Waals surface area contributed by atoms with Crippen molar-refractivity contribution in [2.75, 3.05) is 6.54 Å². The molecule has 1 fully saturated rings. The van der Waals surface area contributed by atoms with Gasteiger partial charge in [0, 0.05) is 13.0 Å². The molecule has 1 saturated heterocycles. The Morgan fingerprint density at radius 2 is 1.50 bits per heavy atom. The fourth-order valence-corrected chi connectivity index (χ4v) is 3.42. The number of nitrogens with one attached hydrogen (secondary N) is 3. The van der Waals surface area contributed by atoms with E-state index in [1.807, 2.05) is 0 Å². The Kier molecular flexibility index (Phi) is 10.9. The topological polar surface area (TPSA) is 208 Å². The average Bonchev–Trinajstić information content (AvgIpc) is 3.24. The van der Waals surface area contributed by atoms with Crippen LogP contribution in [-0.2, 0) is 28.8 Å². The standard InChI is InChI=1S/C21H35N5O8/c1-10(2)16(22)19(31)25-13(7-8-15(27)28)18(30)23-11(3)17(29)24-12(4)20(32)26-9-5-6-14(26)21(33)34/h10-14,16H,5-9,22H2,1-4H3,(H,23,30)(H,24,29)(H,25,31)(H,27,28)(H,33,34)/t11-,12-,13-,14-,16-/m0/s1. The van der Waals surface area contributed by atoms with Crippen LogP contribution in [0.2, 0.25) is 0 Å². The monoisotopic (exact) mass is 485 g/mol. The second kappa shape index (κ2) is 12.9. The number of hydrogen-bond acceptors (Lipinski definition) is 7. The van der Waals surface area contributed by atoms with Gasteiger partial charge in [0.1, 0.15) is 24.2 Å². The minimum absolute atomic E-state index is 0.216. The van der Waals surface area contributed by atoms with Gasteiger partial charge in [-0.1, -0.05) is 13.8 Å². The summed E-state index contributed by atoms with van der Waals surface area (Å²) in [5.41, 5.74) is 5.78. The number of rotatable bonds is 12. The quantitative estimate of drug-likeness (QED) is 0.188. The lowest BCUT2D eigenvalue weighted by Gasteiger charge is -2.27. The number of nitrogens with zero attached hydrogens (tertiary/aromatic N) is 1. The fourth-order valence-electron chi connectivity index (χ4n) is 3.42. The molecule has 1 aliphatic heterocycles. The van der Waals surface area contributed by atoms with Crippen molar-refractivity contribution >= 4 is 35.6 Å². The Morgan fingerprint density at radius 3 is 2.03 bits per heavy atom. The van der Waals surface area contributed by atoms with Gasteiger partial charge in [0.2, 0.25) is 23.6 Å². The summed E-state index contributed by atoms with van der Waals surface area (Å²) in [5, 5.41) is 25.4. The predicted octanol–water partition coefficient (Wildman–Crippen LogP) is -1.60. The van der Waals surface area contributed by atoms with Gasteiger partial charge in [-0.25, -0.2) is 4.79 Å². The highest BCUT2D eigenvalue weighted by molar-refractivity contribution is 5.95. The van der Waals surface area contributed by atoms with E-state index in [-0.39, 0.29) is 18.9 Å². The first-order valence-electron chi connectivity index (χ1n) is 11.2. The molecule has 4 amide bonds. The van der Waals surface area contributed by atoms with Gasteiger partial charge in [0.15, 0.2) is 0 Å². The number of hydrogen-bond donors (Lipinski definition) is 6. The van der Waals surface area contributed by atoms with E-state index < -0.39 is 72.2 Å². The van der Waals surface area contributed by atoms with Crippen LogP contribution in [0.4, 0.5) is 0 Å². The highest BCUT2D eigenvalue weighted by Crippen LogP contribution is 2.18. The third-order valence-electron chi connectivity index (χ3n) is 5.60. The molecular formula is C21H35N5O8. The Bertz CT molecular complexity index is 802. The van der Waals surface area contributed by atoms with Crippen LogP contribution in [-0.4, -0.2) is 87.4 Å². The first kappa shape index (κ1) is 28.8. The largest absolute Gasteiger partial charge is 0.481 e. The number of carboxylic acid groups (broad SMARTS) is 2. The highest BCUT2D eigenvalue weighted by Gasteiger charge is 2.36. The Hall–Kier alpha value is -3.22. The molecule has 0 bridgehead atoms. The molecule has 192 valence electrons. The summed E-state index contributed by atoms with van der Waals surface area (Å²) in [6, 6.07) is -5.24. The minimum Gasteiger partial charge on any atom is -0.481 e. The predicted molar refractivity (Wildman–Crippen MR) is 119 cm³/mol. The summed E-state index contributed by atoms with van der Waals surface area (Å²) in [4.78, 5) is 73.5. The van der Waals surface area contributed by atoms with Gasteiger partial charge in [-0.05, 0) is 39.0 Å². The van der Waals surface area contributed by atoms with Crippen molar-refractivity contribution in [1.29, 1.82) is 0 Å². The average molecular weight is 486 g/mol. The van der Waals surface area contributed by atoms with Crippen molar-refractivity contribution in [1.82, 2.24) is 20.9 Å².